The molecule has 2 aliphatic heterocycles. The van der Waals surface area contributed by atoms with Crippen molar-refractivity contribution < 1.29 is 9.47 Å². The molecule has 116 valence electrons. The number of fused-ring (bicyclic) bond motifs is 1. The number of nitrogens with two attached hydrogens (primary N) is 1. The number of benzene rings is 1. The van der Waals surface area contributed by atoms with E-state index in [1.165, 1.54) is 12.8 Å². The number of piperidine rings is 1. The molecule has 0 saturated carbocycles. The number of rotatable bonds is 2. The molecule has 6 heteroatoms. The smallest absolute Gasteiger partial charge is 0.231 e. The Morgan fingerprint density at radius 2 is 2.19 bits per heavy atom. The van der Waals surface area contributed by atoms with Gasteiger partial charge in [-0.15, -0.1) is 24.0 Å². The predicted octanol–water partition coefficient (Wildman–Crippen LogP) is 2.58. The highest BCUT2D eigenvalue weighted by atomic mass is 127. The molecule has 1 saturated heterocycles. The van der Waals surface area contributed by atoms with Gasteiger partial charge in [-0.3, -0.25) is 0 Å². The molecule has 3 rings (SSSR count). The highest BCUT2D eigenvalue weighted by molar-refractivity contribution is 14.0. The normalized spacial score (nSPS) is 21.1. The fourth-order valence-corrected chi connectivity index (χ4v) is 2.71. The highest BCUT2D eigenvalue weighted by Gasteiger charge is 2.17. The Labute approximate surface area is 142 Å². The van der Waals surface area contributed by atoms with Gasteiger partial charge in [0.15, 0.2) is 17.5 Å². The lowest BCUT2D eigenvalue weighted by atomic mass is 10.0. The van der Waals surface area contributed by atoms with Crippen molar-refractivity contribution in [2.45, 2.75) is 26.3 Å². The lowest BCUT2D eigenvalue weighted by molar-refractivity contribution is 0.174. The summed E-state index contributed by atoms with van der Waals surface area (Å²) in [6.07, 6.45) is 2.48. The van der Waals surface area contributed by atoms with Crippen LogP contribution in [0.5, 0.6) is 11.5 Å². The molecule has 1 fully saturated rings. The van der Waals surface area contributed by atoms with Gasteiger partial charge in [0.1, 0.15) is 0 Å². The minimum atomic E-state index is 0. The number of halogens is 1. The van der Waals surface area contributed by atoms with E-state index in [0.29, 0.717) is 25.2 Å². The van der Waals surface area contributed by atoms with Gasteiger partial charge in [0.05, 0.1) is 6.54 Å². The van der Waals surface area contributed by atoms with Gasteiger partial charge in [-0.05, 0) is 36.5 Å². The van der Waals surface area contributed by atoms with Gasteiger partial charge in [-0.1, -0.05) is 13.0 Å². The standard InChI is InChI=1S/C15H21N3O2.HI/c1-11-3-2-6-18(9-11)15(16)17-8-12-4-5-13-14(7-12)20-10-19-13;/h4-5,7,11H,2-3,6,8-10H2,1H3,(H2,16,17);1H. The average molecular weight is 403 g/mol. The molecule has 2 aliphatic rings. The number of aliphatic imine (C=N–C) groups is 1. The molecule has 1 unspecified atom stereocenters. The van der Waals surface area contributed by atoms with Crippen LogP contribution in [-0.4, -0.2) is 30.7 Å². The van der Waals surface area contributed by atoms with Gasteiger partial charge in [0, 0.05) is 13.1 Å². The Morgan fingerprint density at radius 1 is 1.38 bits per heavy atom. The highest BCUT2D eigenvalue weighted by Crippen LogP contribution is 2.32. The van der Waals surface area contributed by atoms with E-state index < -0.39 is 0 Å². The van der Waals surface area contributed by atoms with E-state index in [-0.39, 0.29) is 24.0 Å². The van der Waals surface area contributed by atoms with Crippen molar-refractivity contribution in [3.8, 4) is 11.5 Å². The molecule has 2 heterocycles. The summed E-state index contributed by atoms with van der Waals surface area (Å²) in [5, 5.41) is 0. The predicted molar refractivity (Wildman–Crippen MR) is 93.3 cm³/mol. The molecular weight excluding hydrogens is 381 g/mol. The minimum Gasteiger partial charge on any atom is -0.454 e. The molecule has 1 aromatic rings. The van der Waals surface area contributed by atoms with Crippen molar-refractivity contribution in [2.75, 3.05) is 19.9 Å². The molecule has 0 radical (unpaired) electrons. The second kappa shape index (κ2) is 7.20. The zero-order valence-electron chi connectivity index (χ0n) is 12.2. The summed E-state index contributed by atoms with van der Waals surface area (Å²) in [6, 6.07) is 5.90. The molecule has 1 atom stereocenters. The van der Waals surface area contributed by atoms with E-state index in [1.807, 2.05) is 18.2 Å². The van der Waals surface area contributed by atoms with Crippen LogP contribution in [0.15, 0.2) is 23.2 Å². The second-order valence-electron chi connectivity index (χ2n) is 5.56. The lowest BCUT2D eigenvalue weighted by Gasteiger charge is -2.31. The van der Waals surface area contributed by atoms with Gasteiger partial charge in [-0.2, -0.15) is 0 Å². The molecular formula is C15H22IN3O2. The first-order valence-corrected chi connectivity index (χ1v) is 7.16. The lowest BCUT2D eigenvalue weighted by Crippen LogP contribution is -2.43. The van der Waals surface area contributed by atoms with E-state index in [2.05, 4.69) is 16.8 Å². The summed E-state index contributed by atoms with van der Waals surface area (Å²) in [6.45, 7) is 5.16. The maximum absolute atomic E-state index is 6.09. The zero-order chi connectivity index (χ0) is 13.9. The quantitative estimate of drug-likeness (QED) is 0.469. The number of guanidine groups is 1. The zero-order valence-corrected chi connectivity index (χ0v) is 14.6. The van der Waals surface area contributed by atoms with E-state index in [9.17, 15) is 0 Å². The molecule has 0 amide bonds. The van der Waals surface area contributed by atoms with Crippen molar-refractivity contribution in [1.82, 2.24) is 4.90 Å². The van der Waals surface area contributed by atoms with E-state index in [0.717, 1.165) is 30.2 Å². The van der Waals surface area contributed by atoms with Gasteiger partial charge in [-0.25, -0.2) is 4.99 Å². The first-order chi connectivity index (χ1) is 9.72. The fourth-order valence-electron chi connectivity index (χ4n) is 2.71. The average Bonchev–Trinajstić information content (AvgIpc) is 2.92. The van der Waals surface area contributed by atoms with Crippen LogP contribution >= 0.6 is 24.0 Å². The summed E-state index contributed by atoms with van der Waals surface area (Å²) in [7, 11) is 0. The van der Waals surface area contributed by atoms with Crippen LogP contribution in [-0.2, 0) is 6.54 Å². The van der Waals surface area contributed by atoms with Crippen molar-refractivity contribution in [1.29, 1.82) is 0 Å². The third-order valence-electron chi connectivity index (χ3n) is 3.84. The Kier molecular flexibility index (Phi) is 5.55. The van der Waals surface area contributed by atoms with Crippen LogP contribution in [0, 0.1) is 5.92 Å². The summed E-state index contributed by atoms with van der Waals surface area (Å²) in [5.41, 5.74) is 7.18. The van der Waals surface area contributed by atoms with Crippen molar-refractivity contribution >= 4 is 29.9 Å². The maximum atomic E-state index is 6.09. The molecule has 21 heavy (non-hydrogen) atoms. The van der Waals surface area contributed by atoms with Crippen LogP contribution in [0.3, 0.4) is 0 Å². The van der Waals surface area contributed by atoms with Gasteiger partial charge >= 0.3 is 0 Å². The van der Waals surface area contributed by atoms with Crippen LogP contribution in [0.1, 0.15) is 25.3 Å². The van der Waals surface area contributed by atoms with Gasteiger partial charge in [0.25, 0.3) is 0 Å². The van der Waals surface area contributed by atoms with Crippen molar-refractivity contribution in [3.63, 3.8) is 0 Å². The molecule has 1 aromatic carbocycles. The number of likely N-dealkylation sites (tertiary alicyclic amines) is 1. The van der Waals surface area contributed by atoms with E-state index in [4.69, 9.17) is 15.2 Å². The Morgan fingerprint density at radius 3 is 3.00 bits per heavy atom. The largest absolute Gasteiger partial charge is 0.454 e. The summed E-state index contributed by atoms with van der Waals surface area (Å²) in [5.74, 6) is 2.94. The van der Waals surface area contributed by atoms with Gasteiger partial charge < -0.3 is 20.1 Å². The first-order valence-electron chi connectivity index (χ1n) is 7.16. The number of hydrogen-bond acceptors (Lipinski definition) is 3. The first kappa shape index (κ1) is 16.2. The van der Waals surface area contributed by atoms with Crippen molar-refractivity contribution in [3.05, 3.63) is 23.8 Å². The third-order valence-corrected chi connectivity index (χ3v) is 3.84. The van der Waals surface area contributed by atoms with Crippen LogP contribution in [0.4, 0.5) is 0 Å². The Bertz CT molecular complexity index is 522. The van der Waals surface area contributed by atoms with E-state index >= 15 is 0 Å². The second-order valence-corrected chi connectivity index (χ2v) is 5.56. The SMILES string of the molecule is CC1CCCN(C(N)=NCc2ccc3c(c2)OCO3)C1.I. The third kappa shape index (κ3) is 3.93. The summed E-state index contributed by atoms with van der Waals surface area (Å²) in [4.78, 5) is 6.68. The van der Waals surface area contributed by atoms with Crippen LogP contribution in [0.2, 0.25) is 0 Å². The minimum absolute atomic E-state index is 0. The number of nitrogens with zero attached hydrogens (tertiary/aromatic N) is 2. The molecule has 0 aromatic heterocycles. The number of ether oxygens (including phenoxy) is 2. The molecule has 0 aliphatic carbocycles. The number of hydrogen-bond donors (Lipinski definition) is 1. The molecule has 2 N–H and O–H groups in total. The topological polar surface area (TPSA) is 60.1 Å². The Hall–Kier alpha value is -1.18. The molecule has 0 spiro atoms. The monoisotopic (exact) mass is 403 g/mol. The van der Waals surface area contributed by atoms with Crippen LogP contribution < -0.4 is 15.2 Å². The molecule has 0 bridgehead atoms. The fraction of sp³-hybridized carbons (Fsp3) is 0.533. The summed E-state index contributed by atoms with van der Waals surface area (Å²) >= 11 is 0. The Balaban J connectivity index is 0.00000161. The van der Waals surface area contributed by atoms with E-state index in [1.54, 1.807) is 0 Å². The van der Waals surface area contributed by atoms with Gasteiger partial charge in [0.2, 0.25) is 6.79 Å². The van der Waals surface area contributed by atoms with Crippen molar-refractivity contribution in [2.24, 2.45) is 16.6 Å². The van der Waals surface area contributed by atoms with Crippen LogP contribution in [0.25, 0.3) is 0 Å². The maximum Gasteiger partial charge on any atom is 0.231 e. The molecule has 5 nitrogen and oxygen atoms in total. The summed E-state index contributed by atoms with van der Waals surface area (Å²) < 4.78 is 10.7.